The van der Waals surface area contributed by atoms with Gasteiger partial charge >= 0.3 is 0 Å². The minimum Gasteiger partial charge on any atom is -0.330 e. The zero-order valence-electron chi connectivity index (χ0n) is 10.8. The highest BCUT2D eigenvalue weighted by Gasteiger charge is 2.12. The molecule has 0 amide bonds. The van der Waals surface area contributed by atoms with Gasteiger partial charge in [0.2, 0.25) is 0 Å². The van der Waals surface area contributed by atoms with Gasteiger partial charge in [0.15, 0.2) is 0 Å². The highest BCUT2D eigenvalue weighted by atomic mass is 35.5. The maximum atomic E-state index is 10.6. The minimum absolute atomic E-state index is 0.101. The maximum absolute atomic E-state index is 10.6. The molecule has 4 nitrogen and oxygen atoms in total. The molecule has 0 heterocycles. The van der Waals surface area contributed by atoms with Gasteiger partial charge in [0, 0.05) is 23.1 Å². The topological polar surface area (TPSA) is 69.2 Å². The molecule has 1 unspecified atom stereocenters. The van der Waals surface area contributed by atoms with Gasteiger partial charge < -0.3 is 5.73 Å². The summed E-state index contributed by atoms with van der Waals surface area (Å²) < 4.78 is 0. The molecule has 0 spiro atoms. The van der Waals surface area contributed by atoms with Crippen LogP contribution < -0.4 is 5.73 Å². The standard InChI is InChI=1S/C15H15ClN2O2/c16-14-5-3-12(4-6-14)13(10-17)9-11-1-7-15(8-2-11)18(19)20/h1-8,13H,9-10,17H2. The van der Waals surface area contributed by atoms with Gasteiger partial charge in [0.05, 0.1) is 4.92 Å². The molecular formula is C15H15ClN2O2. The van der Waals surface area contributed by atoms with Crippen LogP contribution in [0.5, 0.6) is 0 Å². The van der Waals surface area contributed by atoms with E-state index in [0.29, 0.717) is 11.6 Å². The van der Waals surface area contributed by atoms with E-state index < -0.39 is 4.92 Å². The molecule has 2 rings (SSSR count). The van der Waals surface area contributed by atoms with Crippen LogP contribution in [-0.4, -0.2) is 11.5 Å². The summed E-state index contributed by atoms with van der Waals surface area (Å²) in [6.45, 7) is 0.513. The first-order chi connectivity index (χ1) is 9.60. The highest BCUT2D eigenvalue weighted by molar-refractivity contribution is 6.30. The van der Waals surface area contributed by atoms with Crippen molar-refractivity contribution in [3.05, 3.63) is 74.8 Å². The van der Waals surface area contributed by atoms with Crippen molar-refractivity contribution in [1.82, 2.24) is 0 Å². The summed E-state index contributed by atoms with van der Waals surface area (Å²) >= 11 is 5.87. The van der Waals surface area contributed by atoms with Crippen LogP contribution in [0.3, 0.4) is 0 Å². The van der Waals surface area contributed by atoms with E-state index in [0.717, 1.165) is 17.5 Å². The summed E-state index contributed by atoms with van der Waals surface area (Å²) in [5.41, 5.74) is 8.08. The molecule has 0 radical (unpaired) electrons. The smallest absolute Gasteiger partial charge is 0.269 e. The van der Waals surface area contributed by atoms with Crippen LogP contribution >= 0.6 is 11.6 Å². The lowest BCUT2D eigenvalue weighted by atomic mass is 9.92. The van der Waals surface area contributed by atoms with Crippen molar-refractivity contribution in [2.24, 2.45) is 5.73 Å². The third kappa shape index (κ3) is 3.56. The molecule has 0 saturated carbocycles. The number of halogens is 1. The van der Waals surface area contributed by atoms with Gasteiger partial charge in [-0.25, -0.2) is 0 Å². The second-order valence-corrected chi connectivity index (χ2v) is 5.05. The Bertz CT molecular complexity index is 582. The van der Waals surface area contributed by atoms with Crippen molar-refractivity contribution in [1.29, 1.82) is 0 Å². The zero-order chi connectivity index (χ0) is 14.5. The van der Waals surface area contributed by atoms with Crippen molar-refractivity contribution in [2.45, 2.75) is 12.3 Å². The molecule has 1 atom stereocenters. The number of nitro groups is 1. The molecule has 0 fully saturated rings. The monoisotopic (exact) mass is 290 g/mol. The number of nitrogens with two attached hydrogens (primary N) is 1. The van der Waals surface area contributed by atoms with E-state index in [9.17, 15) is 10.1 Å². The van der Waals surface area contributed by atoms with Gasteiger partial charge in [-0.05, 0) is 36.2 Å². The number of benzene rings is 2. The third-order valence-corrected chi connectivity index (χ3v) is 3.51. The summed E-state index contributed by atoms with van der Waals surface area (Å²) in [5, 5.41) is 11.3. The lowest BCUT2D eigenvalue weighted by molar-refractivity contribution is -0.384. The van der Waals surface area contributed by atoms with Crippen LogP contribution in [0.4, 0.5) is 5.69 Å². The number of rotatable bonds is 5. The van der Waals surface area contributed by atoms with Crippen molar-refractivity contribution in [3.8, 4) is 0 Å². The number of non-ortho nitro benzene ring substituents is 1. The summed E-state index contributed by atoms with van der Waals surface area (Å²) in [6, 6.07) is 14.2. The predicted octanol–water partition coefficient (Wildman–Crippen LogP) is 3.53. The Labute approximate surface area is 122 Å². The molecule has 2 aromatic carbocycles. The summed E-state index contributed by atoms with van der Waals surface area (Å²) in [6.07, 6.45) is 0.746. The molecule has 0 aliphatic carbocycles. The van der Waals surface area contributed by atoms with Gasteiger partial charge in [-0.15, -0.1) is 0 Å². The van der Waals surface area contributed by atoms with Gasteiger partial charge in [0.25, 0.3) is 5.69 Å². The van der Waals surface area contributed by atoms with Crippen LogP contribution in [0.25, 0.3) is 0 Å². The average molecular weight is 291 g/mol. The van der Waals surface area contributed by atoms with Gasteiger partial charge in [0.1, 0.15) is 0 Å². The second kappa shape index (κ2) is 6.50. The van der Waals surface area contributed by atoms with E-state index in [1.807, 2.05) is 24.3 Å². The first kappa shape index (κ1) is 14.5. The van der Waals surface area contributed by atoms with E-state index in [4.69, 9.17) is 17.3 Å². The summed E-state index contributed by atoms with van der Waals surface area (Å²) in [4.78, 5) is 10.2. The van der Waals surface area contributed by atoms with Gasteiger partial charge in [-0.3, -0.25) is 10.1 Å². The SMILES string of the molecule is NCC(Cc1ccc([N+](=O)[O-])cc1)c1ccc(Cl)cc1. The Hall–Kier alpha value is -1.91. The molecule has 2 aromatic rings. The Balaban J connectivity index is 2.13. The lowest BCUT2D eigenvalue weighted by Gasteiger charge is -2.15. The number of nitro benzene ring substituents is 1. The van der Waals surface area contributed by atoms with E-state index in [1.54, 1.807) is 12.1 Å². The van der Waals surface area contributed by atoms with Crippen molar-refractivity contribution >= 4 is 17.3 Å². The van der Waals surface area contributed by atoms with E-state index in [2.05, 4.69) is 0 Å². The molecule has 20 heavy (non-hydrogen) atoms. The Kier molecular flexibility index (Phi) is 4.71. The number of hydrogen-bond donors (Lipinski definition) is 1. The van der Waals surface area contributed by atoms with Crippen LogP contribution in [0.1, 0.15) is 17.0 Å². The maximum Gasteiger partial charge on any atom is 0.269 e. The number of hydrogen-bond acceptors (Lipinski definition) is 3. The van der Waals surface area contributed by atoms with E-state index >= 15 is 0 Å². The van der Waals surface area contributed by atoms with Gasteiger partial charge in [-0.2, -0.15) is 0 Å². The minimum atomic E-state index is -0.399. The summed E-state index contributed by atoms with van der Waals surface area (Å²) in [7, 11) is 0. The lowest BCUT2D eigenvalue weighted by Crippen LogP contribution is -2.15. The molecule has 0 saturated heterocycles. The number of nitrogens with zero attached hydrogens (tertiary/aromatic N) is 1. The molecule has 5 heteroatoms. The van der Waals surface area contributed by atoms with Crippen molar-refractivity contribution < 1.29 is 4.92 Å². The van der Waals surface area contributed by atoms with Crippen molar-refractivity contribution in [3.63, 3.8) is 0 Å². The first-order valence-corrected chi connectivity index (χ1v) is 6.67. The second-order valence-electron chi connectivity index (χ2n) is 4.61. The fourth-order valence-corrected chi connectivity index (χ4v) is 2.24. The predicted molar refractivity (Wildman–Crippen MR) is 80.0 cm³/mol. The first-order valence-electron chi connectivity index (χ1n) is 6.29. The van der Waals surface area contributed by atoms with Crippen LogP contribution in [-0.2, 0) is 6.42 Å². The fraction of sp³-hybridized carbons (Fsp3) is 0.200. The van der Waals surface area contributed by atoms with E-state index in [-0.39, 0.29) is 11.6 Å². The Morgan fingerprint density at radius 3 is 2.20 bits per heavy atom. The van der Waals surface area contributed by atoms with Crippen LogP contribution in [0, 0.1) is 10.1 Å². The third-order valence-electron chi connectivity index (χ3n) is 3.26. The molecule has 0 aliphatic rings. The molecule has 0 aromatic heterocycles. The fourth-order valence-electron chi connectivity index (χ4n) is 2.11. The molecule has 2 N–H and O–H groups in total. The van der Waals surface area contributed by atoms with Crippen LogP contribution in [0.15, 0.2) is 48.5 Å². The molecule has 0 bridgehead atoms. The van der Waals surface area contributed by atoms with Crippen LogP contribution in [0.2, 0.25) is 5.02 Å². The zero-order valence-corrected chi connectivity index (χ0v) is 11.6. The van der Waals surface area contributed by atoms with Crippen molar-refractivity contribution in [2.75, 3.05) is 6.54 Å². The largest absolute Gasteiger partial charge is 0.330 e. The highest BCUT2D eigenvalue weighted by Crippen LogP contribution is 2.23. The quantitative estimate of drug-likeness (QED) is 0.676. The Morgan fingerprint density at radius 2 is 1.70 bits per heavy atom. The summed E-state index contributed by atoms with van der Waals surface area (Å²) in [5.74, 6) is 0.175. The molecule has 104 valence electrons. The molecule has 0 aliphatic heterocycles. The molecular weight excluding hydrogens is 276 g/mol. The van der Waals surface area contributed by atoms with Gasteiger partial charge in [-0.1, -0.05) is 35.9 Å². The average Bonchev–Trinajstić information content (AvgIpc) is 2.46. The Morgan fingerprint density at radius 1 is 1.10 bits per heavy atom. The van der Waals surface area contributed by atoms with E-state index in [1.165, 1.54) is 12.1 Å². The normalized spacial score (nSPS) is 12.1.